The van der Waals surface area contributed by atoms with Gasteiger partial charge in [0.05, 0.1) is 18.1 Å². The highest BCUT2D eigenvalue weighted by atomic mass is 31.2. The highest BCUT2D eigenvalue weighted by Crippen LogP contribution is 2.57. The molecule has 1 aromatic carbocycles. The lowest BCUT2D eigenvalue weighted by Gasteiger charge is -2.25. The van der Waals surface area contributed by atoms with Crippen LogP contribution in [0.4, 0.5) is 5.82 Å². The van der Waals surface area contributed by atoms with Crippen LogP contribution in [0.3, 0.4) is 0 Å². The summed E-state index contributed by atoms with van der Waals surface area (Å²) in [5, 5.41) is 4.99. The number of aryl methyl sites for hydroxylation is 1. The number of aromatic nitrogens is 4. The Kier molecular flexibility index (Phi) is 4.06. The summed E-state index contributed by atoms with van der Waals surface area (Å²) < 4.78 is 13.9. The van der Waals surface area contributed by atoms with Gasteiger partial charge in [-0.15, -0.1) is 0 Å². The molecule has 1 aliphatic carbocycles. The molecule has 0 radical (unpaired) electrons. The lowest BCUT2D eigenvalue weighted by molar-refractivity contribution is 0.588. The molecule has 0 saturated heterocycles. The molecule has 5 rings (SSSR count). The number of nitrogens with zero attached hydrogens (tertiary/aromatic N) is 5. The van der Waals surface area contributed by atoms with Crippen LogP contribution >= 0.6 is 7.14 Å². The summed E-state index contributed by atoms with van der Waals surface area (Å²) in [6.45, 7) is 8.78. The van der Waals surface area contributed by atoms with Crippen LogP contribution in [0.2, 0.25) is 0 Å². The van der Waals surface area contributed by atoms with E-state index in [0.717, 1.165) is 17.8 Å². The summed E-state index contributed by atoms with van der Waals surface area (Å²) in [5.74, 6) is 1.38. The Morgan fingerprint density at radius 3 is 2.70 bits per heavy atom. The van der Waals surface area contributed by atoms with Crippen molar-refractivity contribution < 1.29 is 4.57 Å². The van der Waals surface area contributed by atoms with Crippen LogP contribution in [0.25, 0.3) is 17.1 Å². The van der Waals surface area contributed by atoms with Crippen molar-refractivity contribution in [2.24, 2.45) is 10.9 Å². The molecule has 0 bridgehead atoms. The smallest absolute Gasteiger partial charge is 0.196 e. The number of anilines is 1. The van der Waals surface area contributed by atoms with Crippen LogP contribution in [-0.2, 0) is 9.98 Å². The van der Waals surface area contributed by atoms with Crippen molar-refractivity contribution in [3.63, 3.8) is 0 Å². The van der Waals surface area contributed by atoms with Crippen LogP contribution < -0.4 is 11.0 Å². The van der Waals surface area contributed by atoms with Crippen LogP contribution in [0.1, 0.15) is 30.0 Å². The Balaban J connectivity index is 1.59. The fourth-order valence-electron chi connectivity index (χ4n) is 4.59. The van der Waals surface area contributed by atoms with E-state index in [4.69, 9.17) is 10.7 Å². The number of nitrogens with two attached hydrogens (primary N) is 1. The van der Waals surface area contributed by atoms with Crippen molar-refractivity contribution in [3.8, 4) is 17.1 Å². The Hall–Kier alpha value is -2.79. The van der Waals surface area contributed by atoms with Gasteiger partial charge in [-0.3, -0.25) is 4.99 Å². The first-order valence-electron chi connectivity index (χ1n) is 10.1. The minimum Gasteiger partial charge on any atom is -0.381 e. The molecule has 30 heavy (non-hydrogen) atoms. The quantitative estimate of drug-likeness (QED) is 0.656. The van der Waals surface area contributed by atoms with Crippen molar-refractivity contribution in [1.29, 1.82) is 0 Å². The normalized spacial score (nSPS) is 22.3. The molecule has 2 atom stereocenters. The molecular weight excluding hydrogens is 395 g/mol. The maximum absolute atomic E-state index is 12.4. The second kappa shape index (κ2) is 6.35. The van der Waals surface area contributed by atoms with Crippen LogP contribution in [0.5, 0.6) is 0 Å². The number of rotatable bonds is 3. The van der Waals surface area contributed by atoms with Gasteiger partial charge in [0, 0.05) is 35.2 Å². The lowest BCUT2D eigenvalue weighted by atomic mass is 9.83. The summed E-state index contributed by atoms with van der Waals surface area (Å²) in [7, 11) is -2.42. The van der Waals surface area contributed by atoms with Gasteiger partial charge in [-0.25, -0.2) is 14.6 Å². The summed E-state index contributed by atoms with van der Waals surface area (Å²) in [5.41, 5.74) is 11.9. The molecule has 2 unspecified atom stereocenters. The Labute approximate surface area is 175 Å². The number of nitrogen functional groups attached to an aromatic ring is 1. The zero-order valence-electron chi connectivity index (χ0n) is 17.6. The molecule has 7 nitrogen and oxygen atoms in total. The van der Waals surface area contributed by atoms with Crippen LogP contribution in [0, 0.1) is 12.8 Å². The zero-order chi connectivity index (χ0) is 21.3. The molecule has 0 amide bonds. The number of benzene rings is 1. The predicted molar refractivity (Wildman–Crippen MR) is 121 cm³/mol. The fourth-order valence-corrected chi connectivity index (χ4v) is 5.31. The van der Waals surface area contributed by atoms with E-state index < -0.39 is 7.14 Å². The first kappa shape index (κ1) is 19.2. The molecule has 3 heterocycles. The number of fused-ring (bicyclic) bond motifs is 2. The van der Waals surface area contributed by atoms with E-state index in [2.05, 4.69) is 41.1 Å². The molecule has 1 fully saturated rings. The second-order valence-corrected chi connectivity index (χ2v) is 12.2. The third kappa shape index (κ3) is 2.91. The van der Waals surface area contributed by atoms with Gasteiger partial charge in [-0.05, 0) is 61.4 Å². The minimum absolute atomic E-state index is 0.213. The second-order valence-electron chi connectivity index (χ2n) is 8.95. The molecule has 2 aliphatic rings. The molecule has 1 aliphatic heterocycles. The van der Waals surface area contributed by atoms with Crippen LogP contribution in [-0.4, -0.2) is 45.8 Å². The highest BCUT2D eigenvalue weighted by Gasteiger charge is 2.54. The van der Waals surface area contributed by atoms with E-state index in [1.54, 1.807) is 36.6 Å². The lowest BCUT2D eigenvalue weighted by Crippen LogP contribution is -2.22. The van der Waals surface area contributed by atoms with E-state index in [1.807, 2.05) is 6.21 Å². The first-order chi connectivity index (χ1) is 14.2. The Bertz CT molecular complexity index is 1260. The van der Waals surface area contributed by atoms with Crippen molar-refractivity contribution in [3.05, 3.63) is 47.4 Å². The van der Waals surface area contributed by atoms with Crippen LogP contribution in [0.15, 0.2) is 35.7 Å². The SMILES string of the molecule is Cc1cc(-c2cnc(N)c(-n3cc(P(C)(C)=O)cn3)n2)cc2c1C1(CN=C2)CC1C. The van der Waals surface area contributed by atoms with Gasteiger partial charge < -0.3 is 10.3 Å². The first-order valence-corrected chi connectivity index (χ1v) is 12.7. The monoisotopic (exact) mass is 420 g/mol. The van der Waals surface area contributed by atoms with Crippen molar-refractivity contribution in [2.45, 2.75) is 25.7 Å². The predicted octanol–water partition coefficient (Wildman–Crippen LogP) is 3.18. The van der Waals surface area contributed by atoms with Gasteiger partial charge in [0.15, 0.2) is 11.6 Å². The maximum atomic E-state index is 12.4. The third-order valence-corrected chi connectivity index (χ3v) is 7.88. The average molecular weight is 420 g/mol. The molecule has 2 aromatic heterocycles. The molecule has 1 spiro atoms. The van der Waals surface area contributed by atoms with Gasteiger partial charge in [0.1, 0.15) is 7.14 Å². The van der Waals surface area contributed by atoms with Gasteiger partial charge in [-0.2, -0.15) is 5.10 Å². The highest BCUT2D eigenvalue weighted by molar-refractivity contribution is 7.70. The van der Waals surface area contributed by atoms with Crippen molar-refractivity contribution in [1.82, 2.24) is 19.7 Å². The van der Waals surface area contributed by atoms with E-state index in [-0.39, 0.29) is 11.2 Å². The molecule has 3 aromatic rings. The number of hydrogen-bond donors (Lipinski definition) is 1. The fraction of sp³-hybridized carbons (Fsp3) is 0.364. The molecule has 154 valence electrons. The molecule has 8 heteroatoms. The van der Waals surface area contributed by atoms with E-state index in [1.165, 1.54) is 23.1 Å². The minimum atomic E-state index is -2.42. The van der Waals surface area contributed by atoms with E-state index >= 15 is 0 Å². The van der Waals surface area contributed by atoms with Gasteiger partial charge in [0.25, 0.3) is 0 Å². The Morgan fingerprint density at radius 2 is 2.03 bits per heavy atom. The van der Waals surface area contributed by atoms with E-state index in [9.17, 15) is 4.57 Å². The summed E-state index contributed by atoms with van der Waals surface area (Å²) in [6.07, 6.45) is 8.18. The average Bonchev–Trinajstić information content (AvgIpc) is 3.09. The standard InChI is InChI=1S/C22H25N6OP/c1-13-5-15(6-16-8-24-12-22(19(13)16)7-14(22)2)18-10-25-20(23)21(27-18)28-11-17(9-26-28)30(3,4)29/h5-6,8-11,14H,7,12H2,1-4H3,(H2,23,25). The summed E-state index contributed by atoms with van der Waals surface area (Å²) in [6, 6.07) is 4.32. The van der Waals surface area contributed by atoms with Gasteiger partial charge in [0.2, 0.25) is 0 Å². The number of aliphatic imine (C=N–C) groups is 1. The van der Waals surface area contributed by atoms with E-state index in [0.29, 0.717) is 17.0 Å². The molecule has 2 N–H and O–H groups in total. The van der Waals surface area contributed by atoms with Crippen molar-refractivity contribution >= 4 is 24.5 Å². The molecule has 1 saturated carbocycles. The van der Waals surface area contributed by atoms with Gasteiger partial charge in [-0.1, -0.05) is 6.92 Å². The number of hydrogen-bond acceptors (Lipinski definition) is 6. The Morgan fingerprint density at radius 1 is 1.27 bits per heavy atom. The van der Waals surface area contributed by atoms with Crippen molar-refractivity contribution in [2.75, 3.05) is 25.6 Å². The topological polar surface area (TPSA) is 99.0 Å². The van der Waals surface area contributed by atoms with Gasteiger partial charge >= 0.3 is 0 Å². The maximum Gasteiger partial charge on any atom is 0.196 e. The summed E-state index contributed by atoms with van der Waals surface area (Å²) in [4.78, 5) is 13.7. The zero-order valence-corrected chi connectivity index (χ0v) is 18.5. The third-order valence-electron chi connectivity index (χ3n) is 6.41. The largest absolute Gasteiger partial charge is 0.381 e. The molecular formula is C22H25N6OP. The summed E-state index contributed by atoms with van der Waals surface area (Å²) >= 11 is 0.